The minimum absolute atomic E-state index is 0.334. The van der Waals surface area contributed by atoms with Crippen LogP contribution in [0, 0.1) is 17.2 Å². The van der Waals surface area contributed by atoms with E-state index in [0.717, 1.165) is 49.3 Å². The number of anilines is 2. The van der Waals surface area contributed by atoms with Gasteiger partial charge in [-0.05, 0) is 37.0 Å². The number of hydrogen-bond donors (Lipinski definition) is 0. The van der Waals surface area contributed by atoms with E-state index in [4.69, 9.17) is 10.2 Å². The lowest BCUT2D eigenvalue weighted by Gasteiger charge is -2.38. The summed E-state index contributed by atoms with van der Waals surface area (Å²) in [5, 5.41) is 9.13. The smallest absolute Gasteiger partial charge is 0.226 e. The lowest BCUT2D eigenvalue weighted by molar-refractivity contribution is 0.387. The quantitative estimate of drug-likeness (QED) is 0.696. The normalized spacial score (nSPS) is 21.9. The van der Waals surface area contributed by atoms with Gasteiger partial charge in [0.2, 0.25) is 5.95 Å². The highest BCUT2D eigenvalue weighted by Crippen LogP contribution is 2.35. The fraction of sp³-hybridized carbons (Fsp3) is 0.350. The standard InChI is InChI=1S/C20H19N7/c21-11-15-5-8-22-20(24-15)27-10-7-14-6-9-26(13-18(14)27)19-12-23-16-3-1-2-4-17(16)25-19/h1-5,8,12,14,18H,6-7,9-10,13H2. The van der Waals surface area contributed by atoms with Crippen LogP contribution in [0.25, 0.3) is 11.0 Å². The predicted molar refractivity (Wildman–Crippen MR) is 102 cm³/mol. The maximum atomic E-state index is 9.13. The highest BCUT2D eigenvalue weighted by molar-refractivity contribution is 5.75. The van der Waals surface area contributed by atoms with Crippen LogP contribution in [-0.2, 0) is 0 Å². The molecule has 0 amide bonds. The molecule has 2 unspecified atom stereocenters. The van der Waals surface area contributed by atoms with E-state index < -0.39 is 0 Å². The molecule has 2 aliphatic heterocycles. The van der Waals surface area contributed by atoms with E-state index in [1.54, 1.807) is 12.3 Å². The van der Waals surface area contributed by atoms with Crippen LogP contribution < -0.4 is 9.80 Å². The summed E-state index contributed by atoms with van der Waals surface area (Å²) in [7, 11) is 0. The minimum atomic E-state index is 0.334. The number of rotatable bonds is 2. The summed E-state index contributed by atoms with van der Waals surface area (Å²) in [6.07, 6.45) is 5.80. The molecule has 7 nitrogen and oxygen atoms in total. The van der Waals surface area contributed by atoms with Gasteiger partial charge >= 0.3 is 0 Å². The van der Waals surface area contributed by atoms with Crippen molar-refractivity contribution >= 4 is 22.8 Å². The molecule has 0 aliphatic carbocycles. The predicted octanol–water partition coefficient (Wildman–Crippen LogP) is 2.40. The zero-order valence-corrected chi connectivity index (χ0v) is 14.9. The van der Waals surface area contributed by atoms with Crippen LogP contribution in [0.1, 0.15) is 18.5 Å². The van der Waals surface area contributed by atoms with Gasteiger partial charge in [0.15, 0.2) is 0 Å². The number of hydrogen-bond acceptors (Lipinski definition) is 7. The van der Waals surface area contributed by atoms with Gasteiger partial charge in [-0.1, -0.05) is 12.1 Å². The van der Waals surface area contributed by atoms with Crippen molar-refractivity contribution in [2.75, 3.05) is 29.4 Å². The molecular formula is C20H19N7. The molecule has 0 bridgehead atoms. The maximum Gasteiger partial charge on any atom is 0.226 e. The number of nitriles is 1. The number of para-hydroxylation sites is 2. The molecule has 3 aromatic rings. The van der Waals surface area contributed by atoms with Gasteiger partial charge in [-0.15, -0.1) is 0 Å². The van der Waals surface area contributed by atoms with Gasteiger partial charge < -0.3 is 9.80 Å². The molecule has 2 saturated heterocycles. The van der Waals surface area contributed by atoms with Crippen molar-refractivity contribution in [3.63, 3.8) is 0 Å². The van der Waals surface area contributed by atoms with E-state index in [9.17, 15) is 0 Å². The third-order valence-corrected chi connectivity index (χ3v) is 5.64. The summed E-state index contributed by atoms with van der Waals surface area (Å²) < 4.78 is 0. The zero-order chi connectivity index (χ0) is 18.2. The first-order chi connectivity index (χ1) is 13.3. The molecule has 134 valence electrons. The van der Waals surface area contributed by atoms with E-state index >= 15 is 0 Å². The Morgan fingerprint density at radius 1 is 1.00 bits per heavy atom. The van der Waals surface area contributed by atoms with Gasteiger partial charge in [0.1, 0.15) is 17.6 Å². The summed E-state index contributed by atoms with van der Waals surface area (Å²) in [4.78, 5) is 22.8. The summed E-state index contributed by atoms with van der Waals surface area (Å²) in [5.74, 6) is 2.21. The number of piperidine rings is 1. The molecule has 5 rings (SSSR count). The highest BCUT2D eigenvalue weighted by Gasteiger charge is 2.40. The summed E-state index contributed by atoms with van der Waals surface area (Å²) in [5.41, 5.74) is 2.25. The van der Waals surface area contributed by atoms with Crippen molar-refractivity contribution in [1.82, 2.24) is 19.9 Å². The molecule has 2 aliphatic rings. The average molecular weight is 357 g/mol. The highest BCUT2D eigenvalue weighted by atomic mass is 15.3. The number of fused-ring (bicyclic) bond motifs is 2. The third-order valence-electron chi connectivity index (χ3n) is 5.64. The number of benzene rings is 1. The molecular weight excluding hydrogens is 338 g/mol. The van der Waals surface area contributed by atoms with E-state index in [0.29, 0.717) is 23.6 Å². The molecule has 0 saturated carbocycles. The van der Waals surface area contributed by atoms with Crippen LogP contribution in [0.15, 0.2) is 42.7 Å². The second-order valence-electron chi connectivity index (χ2n) is 7.11. The van der Waals surface area contributed by atoms with E-state index in [-0.39, 0.29) is 0 Å². The van der Waals surface area contributed by atoms with Crippen molar-refractivity contribution in [3.8, 4) is 6.07 Å². The Labute approximate surface area is 157 Å². The molecule has 27 heavy (non-hydrogen) atoms. The largest absolute Gasteiger partial charge is 0.353 e. The van der Waals surface area contributed by atoms with Crippen molar-refractivity contribution < 1.29 is 0 Å². The third kappa shape index (κ3) is 2.83. The van der Waals surface area contributed by atoms with Crippen LogP contribution >= 0.6 is 0 Å². The fourth-order valence-electron chi connectivity index (χ4n) is 4.25. The Bertz CT molecular complexity index is 1030. The van der Waals surface area contributed by atoms with Gasteiger partial charge in [0.25, 0.3) is 0 Å². The molecule has 2 atom stereocenters. The van der Waals surface area contributed by atoms with Crippen molar-refractivity contribution in [2.45, 2.75) is 18.9 Å². The van der Waals surface area contributed by atoms with E-state index in [1.165, 1.54) is 0 Å². The van der Waals surface area contributed by atoms with Gasteiger partial charge in [0.05, 0.1) is 23.3 Å². The van der Waals surface area contributed by atoms with Crippen molar-refractivity contribution in [3.05, 3.63) is 48.4 Å². The topological polar surface area (TPSA) is 81.8 Å². The van der Waals surface area contributed by atoms with E-state index in [1.807, 2.05) is 30.5 Å². The monoisotopic (exact) mass is 357 g/mol. The molecule has 7 heteroatoms. The van der Waals surface area contributed by atoms with Crippen LogP contribution in [0.3, 0.4) is 0 Å². The molecule has 2 aromatic heterocycles. The molecule has 1 aromatic carbocycles. The molecule has 2 fully saturated rings. The first-order valence-corrected chi connectivity index (χ1v) is 9.28. The van der Waals surface area contributed by atoms with Crippen molar-refractivity contribution in [1.29, 1.82) is 5.26 Å². The Hall–Kier alpha value is -3.27. The lowest BCUT2D eigenvalue weighted by Crippen LogP contribution is -2.49. The Morgan fingerprint density at radius 2 is 1.85 bits per heavy atom. The van der Waals surface area contributed by atoms with Crippen LogP contribution in [0.5, 0.6) is 0 Å². The van der Waals surface area contributed by atoms with Crippen LogP contribution in [0.2, 0.25) is 0 Å². The van der Waals surface area contributed by atoms with Gasteiger partial charge in [-0.25, -0.2) is 15.0 Å². The molecule has 4 heterocycles. The summed E-state index contributed by atoms with van der Waals surface area (Å²) in [6, 6.07) is 12.0. The second-order valence-corrected chi connectivity index (χ2v) is 7.11. The molecule has 0 spiro atoms. The Kier molecular flexibility index (Phi) is 3.82. The first kappa shape index (κ1) is 15.9. The minimum Gasteiger partial charge on any atom is -0.353 e. The summed E-state index contributed by atoms with van der Waals surface area (Å²) in [6.45, 7) is 2.79. The number of aromatic nitrogens is 4. The number of nitrogens with zero attached hydrogens (tertiary/aromatic N) is 7. The summed E-state index contributed by atoms with van der Waals surface area (Å²) >= 11 is 0. The van der Waals surface area contributed by atoms with Crippen LogP contribution in [-0.4, -0.2) is 45.6 Å². The average Bonchev–Trinajstić information content (AvgIpc) is 3.16. The maximum absolute atomic E-state index is 9.13. The van der Waals surface area contributed by atoms with Gasteiger partial charge in [-0.3, -0.25) is 4.98 Å². The van der Waals surface area contributed by atoms with Crippen molar-refractivity contribution in [2.24, 2.45) is 5.92 Å². The zero-order valence-electron chi connectivity index (χ0n) is 14.9. The van der Waals surface area contributed by atoms with Gasteiger partial charge in [0, 0.05) is 25.8 Å². The van der Waals surface area contributed by atoms with Crippen LogP contribution in [0.4, 0.5) is 11.8 Å². The fourth-order valence-corrected chi connectivity index (χ4v) is 4.25. The molecule has 0 N–H and O–H groups in total. The lowest BCUT2D eigenvalue weighted by atomic mass is 9.92. The Balaban J connectivity index is 1.42. The second kappa shape index (κ2) is 6.47. The first-order valence-electron chi connectivity index (χ1n) is 9.28. The Morgan fingerprint density at radius 3 is 2.74 bits per heavy atom. The SMILES string of the molecule is N#Cc1ccnc(N2CCC3CCN(c4cnc5ccccc5n4)CC32)n1. The molecule has 0 radical (unpaired) electrons. The van der Waals surface area contributed by atoms with Gasteiger partial charge in [-0.2, -0.15) is 5.26 Å². The van der Waals surface area contributed by atoms with E-state index in [2.05, 4.69) is 30.8 Å².